The Kier molecular flexibility index (Phi) is 9.73. The van der Waals surface area contributed by atoms with Gasteiger partial charge >= 0.3 is 5.97 Å². The molecule has 0 saturated heterocycles. The summed E-state index contributed by atoms with van der Waals surface area (Å²) in [6.07, 6.45) is 1.45. The predicted molar refractivity (Wildman–Crippen MR) is 96.0 cm³/mol. The number of benzene rings is 2. The van der Waals surface area contributed by atoms with Crippen molar-refractivity contribution in [2.24, 2.45) is 0 Å². The summed E-state index contributed by atoms with van der Waals surface area (Å²) in [6.45, 7) is 2.82. The third-order valence-electron chi connectivity index (χ3n) is 3.89. The Morgan fingerprint density at radius 2 is 1.69 bits per heavy atom. The van der Waals surface area contributed by atoms with Gasteiger partial charge < -0.3 is 32.7 Å². The van der Waals surface area contributed by atoms with E-state index in [1.165, 1.54) is 5.56 Å². The summed E-state index contributed by atoms with van der Waals surface area (Å²) in [5, 5.41) is 9.12. The molecule has 0 aromatic heterocycles. The van der Waals surface area contributed by atoms with Crippen LogP contribution in [0.5, 0.6) is 5.75 Å². The molecular formula is C20H26ClNO4. The molecule has 4 N–H and O–H groups in total. The second kappa shape index (κ2) is 11.5. The van der Waals surface area contributed by atoms with Crippen LogP contribution in [0.2, 0.25) is 0 Å². The van der Waals surface area contributed by atoms with E-state index >= 15 is 0 Å². The van der Waals surface area contributed by atoms with Crippen LogP contribution in [0.4, 0.5) is 5.69 Å². The molecular weight excluding hydrogens is 354 g/mol. The molecule has 0 aliphatic heterocycles. The van der Waals surface area contributed by atoms with E-state index in [9.17, 15) is 4.79 Å². The van der Waals surface area contributed by atoms with Gasteiger partial charge in [-0.3, -0.25) is 0 Å². The fraction of sp³-hybridized carbons (Fsp3) is 0.350. The number of carbonyl (C=O) groups is 1. The maximum atomic E-state index is 11.1. The van der Waals surface area contributed by atoms with Gasteiger partial charge in [-0.1, -0.05) is 24.3 Å². The van der Waals surface area contributed by atoms with Crippen LogP contribution in [-0.2, 0) is 22.4 Å². The molecule has 2 aromatic carbocycles. The number of hydrogen-bond donors (Lipinski definition) is 2. The average molecular weight is 380 g/mol. The molecule has 0 heterocycles. The van der Waals surface area contributed by atoms with E-state index in [2.05, 4.69) is 17.9 Å². The number of aliphatic carboxylic acids is 1. The van der Waals surface area contributed by atoms with Crippen molar-refractivity contribution in [1.29, 1.82) is 0 Å². The third kappa shape index (κ3) is 7.44. The molecule has 0 amide bonds. The molecule has 2 rings (SSSR count). The van der Waals surface area contributed by atoms with Crippen molar-refractivity contribution >= 4 is 11.7 Å². The van der Waals surface area contributed by atoms with Gasteiger partial charge in [0.05, 0.1) is 6.61 Å². The van der Waals surface area contributed by atoms with Crippen molar-refractivity contribution in [3.05, 3.63) is 59.7 Å². The first kappa shape index (κ1) is 22.0. The summed E-state index contributed by atoms with van der Waals surface area (Å²) in [5.41, 5.74) is 7.10. The zero-order valence-corrected chi connectivity index (χ0v) is 15.7. The van der Waals surface area contributed by atoms with Crippen LogP contribution in [0, 0.1) is 0 Å². The van der Waals surface area contributed by atoms with Crippen molar-refractivity contribution in [3.8, 4) is 5.75 Å². The maximum absolute atomic E-state index is 11.1. The minimum absolute atomic E-state index is 0. The van der Waals surface area contributed by atoms with Crippen LogP contribution in [0.25, 0.3) is 0 Å². The lowest BCUT2D eigenvalue weighted by molar-refractivity contribution is -0.254. The van der Waals surface area contributed by atoms with Gasteiger partial charge in [-0.15, -0.1) is 0 Å². The first-order valence-electron chi connectivity index (χ1n) is 8.55. The number of hydrogen-bond acceptors (Lipinski definition) is 3. The number of ether oxygens (including phenoxy) is 2. The highest BCUT2D eigenvalue weighted by Crippen LogP contribution is 2.15. The highest BCUT2D eigenvalue weighted by atomic mass is 35.5. The number of carboxylic acids is 1. The average Bonchev–Trinajstić information content (AvgIpc) is 2.61. The second-order valence-corrected chi connectivity index (χ2v) is 5.90. The highest BCUT2D eigenvalue weighted by molar-refractivity contribution is 5.72. The van der Waals surface area contributed by atoms with Gasteiger partial charge in [0, 0.05) is 13.0 Å². The van der Waals surface area contributed by atoms with E-state index < -0.39 is 12.1 Å². The number of halogens is 1. The van der Waals surface area contributed by atoms with Crippen molar-refractivity contribution < 1.29 is 37.5 Å². The molecule has 26 heavy (non-hydrogen) atoms. The Hall–Kier alpha value is -2.08. The molecule has 0 fully saturated rings. The molecule has 0 unspecified atom stereocenters. The molecule has 142 valence electrons. The van der Waals surface area contributed by atoms with Gasteiger partial charge in [0.1, 0.15) is 11.4 Å². The van der Waals surface area contributed by atoms with Gasteiger partial charge in [0.25, 0.3) is 0 Å². The van der Waals surface area contributed by atoms with Crippen molar-refractivity contribution in [2.45, 2.75) is 32.3 Å². The number of aryl methyl sites for hydroxylation is 1. The fourth-order valence-electron chi connectivity index (χ4n) is 2.53. The summed E-state index contributed by atoms with van der Waals surface area (Å²) >= 11 is 0. The van der Waals surface area contributed by atoms with Crippen molar-refractivity contribution in [2.75, 3.05) is 13.2 Å². The zero-order chi connectivity index (χ0) is 18.1. The molecule has 0 aliphatic rings. The fourth-order valence-corrected chi connectivity index (χ4v) is 2.53. The molecule has 6 heteroatoms. The standard InChI is InChI=1S/C20H25NO4.ClH/c1-2-24-19(20(22)23)14-16-7-11-18(12-8-16)25-13-3-4-15-5-9-17(21)10-6-15;/h5-12,19H,2-4,13-14,21H2,1H3,(H,22,23);1H/t19-;/m0./s1. The van der Waals surface area contributed by atoms with E-state index in [0.717, 1.165) is 29.8 Å². The van der Waals surface area contributed by atoms with Gasteiger partial charge in [0.2, 0.25) is 0 Å². The normalized spacial score (nSPS) is 11.5. The van der Waals surface area contributed by atoms with E-state index in [0.29, 0.717) is 19.6 Å². The third-order valence-corrected chi connectivity index (χ3v) is 3.89. The van der Waals surface area contributed by atoms with Crippen molar-refractivity contribution in [1.82, 2.24) is 0 Å². The minimum atomic E-state index is -0.936. The molecule has 0 spiro atoms. The summed E-state index contributed by atoms with van der Waals surface area (Å²) in [7, 11) is 0. The first-order valence-corrected chi connectivity index (χ1v) is 8.55. The molecule has 0 radical (unpaired) electrons. The quantitative estimate of drug-likeness (QED) is 0.551. The summed E-state index contributed by atoms with van der Waals surface area (Å²) in [4.78, 5) is 11.1. The molecule has 5 nitrogen and oxygen atoms in total. The molecule has 2 aromatic rings. The SMILES string of the molecule is CCO[C@@H](Cc1ccc(OCCCc2ccc([NH3+])cc2)cc1)C(=O)O.[Cl-]. The van der Waals surface area contributed by atoms with E-state index in [1.807, 2.05) is 36.4 Å². The Balaban J connectivity index is 0.00000338. The zero-order valence-electron chi connectivity index (χ0n) is 15.0. The van der Waals surface area contributed by atoms with Gasteiger partial charge in [-0.2, -0.15) is 0 Å². The van der Waals surface area contributed by atoms with Crippen LogP contribution in [-0.4, -0.2) is 30.4 Å². The summed E-state index contributed by atoms with van der Waals surface area (Å²) in [6, 6.07) is 15.7. The van der Waals surface area contributed by atoms with E-state index in [4.69, 9.17) is 14.6 Å². The van der Waals surface area contributed by atoms with Crippen LogP contribution >= 0.6 is 0 Å². The number of quaternary nitrogens is 1. The Bertz CT molecular complexity index is 659. The summed E-state index contributed by atoms with van der Waals surface area (Å²) < 4.78 is 11.0. The second-order valence-electron chi connectivity index (χ2n) is 5.90. The van der Waals surface area contributed by atoms with Gasteiger partial charge in [-0.25, -0.2) is 4.79 Å². The lowest BCUT2D eigenvalue weighted by Gasteiger charge is -2.13. The van der Waals surface area contributed by atoms with E-state index in [-0.39, 0.29) is 12.4 Å². The lowest BCUT2D eigenvalue weighted by Crippen LogP contribution is -3.00. The largest absolute Gasteiger partial charge is 1.00 e. The van der Waals surface area contributed by atoms with Crippen LogP contribution in [0.1, 0.15) is 24.5 Å². The predicted octanol–water partition coefficient (Wildman–Crippen LogP) is -0.392. The Labute approximate surface area is 160 Å². The van der Waals surface area contributed by atoms with Crippen LogP contribution in [0.3, 0.4) is 0 Å². The van der Waals surface area contributed by atoms with Crippen LogP contribution in [0.15, 0.2) is 48.5 Å². The molecule has 0 saturated carbocycles. The van der Waals surface area contributed by atoms with Gasteiger partial charge in [-0.05, 0) is 55.2 Å². The number of rotatable bonds is 10. The maximum Gasteiger partial charge on any atom is 0.333 e. The minimum Gasteiger partial charge on any atom is -1.00 e. The van der Waals surface area contributed by atoms with Gasteiger partial charge in [0.15, 0.2) is 6.10 Å². The Morgan fingerprint density at radius 3 is 2.27 bits per heavy atom. The summed E-state index contributed by atoms with van der Waals surface area (Å²) in [5.74, 6) is -0.144. The smallest absolute Gasteiger partial charge is 0.333 e. The topological polar surface area (TPSA) is 83.4 Å². The lowest BCUT2D eigenvalue weighted by atomic mass is 10.1. The monoisotopic (exact) mass is 379 g/mol. The first-order chi connectivity index (χ1) is 12.1. The van der Waals surface area contributed by atoms with Crippen molar-refractivity contribution in [3.63, 3.8) is 0 Å². The molecule has 1 atom stereocenters. The van der Waals surface area contributed by atoms with Crippen LogP contribution < -0.4 is 22.9 Å². The highest BCUT2D eigenvalue weighted by Gasteiger charge is 2.17. The van der Waals surface area contributed by atoms with E-state index in [1.54, 1.807) is 6.92 Å². The number of carboxylic acid groups (broad SMARTS) is 1. The molecule has 0 aliphatic carbocycles. The Morgan fingerprint density at radius 1 is 1.08 bits per heavy atom. The molecule has 0 bridgehead atoms.